The van der Waals surface area contributed by atoms with Crippen molar-refractivity contribution in [3.8, 4) is 22.7 Å². The van der Waals surface area contributed by atoms with E-state index in [9.17, 15) is 9.59 Å². The Hall–Kier alpha value is -4.54. The predicted molar refractivity (Wildman–Crippen MR) is 141 cm³/mol. The summed E-state index contributed by atoms with van der Waals surface area (Å²) in [7, 11) is 0. The molecule has 0 unspecified atom stereocenters. The minimum Gasteiger partial charge on any atom is -0.492 e. The van der Waals surface area contributed by atoms with Crippen LogP contribution in [0, 0.1) is 0 Å². The summed E-state index contributed by atoms with van der Waals surface area (Å²) in [5, 5.41) is 21.6. The highest BCUT2D eigenvalue weighted by Gasteiger charge is 2.15. The molecule has 1 aliphatic heterocycles. The first kappa shape index (κ1) is 26.5. The number of fused-ring (bicyclic) bond motifs is 1. The summed E-state index contributed by atoms with van der Waals surface area (Å²) in [5.74, 6) is -1.68. The lowest BCUT2D eigenvalue weighted by Gasteiger charge is -2.26. The lowest BCUT2D eigenvalue weighted by atomic mass is 10.1. The van der Waals surface area contributed by atoms with Crippen molar-refractivity contribution in [3.63, 3.8) is 0 Å². The Morgan fingerprint density at radius 1 is 0.947 bits per heavy atom. The third-order valence-electron chi connectivity index (χ3n) is 5.70. The van der Waals surface area contributed by atoms with Gasteiger partial charge in [0.1, 0.15) is 18.1 Å². The molecule has 5 rings (SSSR count). The molecule has 2 aromatic heterocycles. The average Bonchev–Trinajstić information content (AvgIpc) is 3.33. The number of carbonyl (C=O) groups is 2. The highest BCUT2D eigenvalue weighted by atomic mass is 16.5. The molecule has 196 valence electrons. The van der Waals surface area contributed by atoms with Crippen LogP contribution in [-0.4, -0.2) is 81.3 Å². The van der Waals surface area contributed by atoms with Gasteiger partial charge in [-0.3, -0.25) is 4.90 Å². The van der Waals surface area contributed by atoms with Gasteiger partial charge in [0.25, 0.3) is 0 Å². The Morgan fingerprint density at radius 3 is 2.39 bits per heavy atom. The fraction of sp³-hybridized carbons (Fsp3) is 0.214. The highest BCUT2D eigenvalue weighted by Crippen LogP contribution is 2.29. The van der Waals surface area contributed by atoms with Crippen molar-refractivity contribution in [2.75, 3.05) is 39.5 Å². The topological polar surface area (TPSA) is 127 Å². The first-order chi connectivity index (χ1) is 18.5. The Kier molecular flexibility index (Phi) is 9.17. The zero-order valence-corrected chi connectivity index (χ0v) is 20.6. The standard InChI is InChI=1S/C24H24N4O2.C4H4O4/c1-2-6-19(7-3-1)23-22-10-5-11-25-24(22)28(26-23)20-8-4-9-21(18-20)30-17-14-27-12-15-29-16-13-27;5-3(6)1-2-4(7)8/h1-11,18H,12-17H2;1-2H,(H,5,6)(H,7,8). The smallest absolute Gasteiger partial charge is 0.328 e. The van der Waals surface area contributed by atoms with Crippen LogP contribution in [0.15, 0.2) is 85.1 Å². The Balaban J connectivity index is 0.000000368. The van der Waals surface area contributed by atoms with Crippen LogP contribution >= 0.6 is 0 Å². The van der Waals surface area contributed by atoms with Gasteiger partial charge >= 0.3 is 11.9 Å². The van der Waals surface area contributed by atoms with E-state index in [4.69, 9.17) is 24.8 Å². The number of carboxylic acid groups (broad SMARTS) is 2. The summed E-state index contributed by atoms with van der Waals surface area (Å²) in [6, 6.07) is 22.3. The monoisotopic (exact) mass is 516 g/mol. The van der Waals surface area contributed by atoms with E-state index in [2.05, 4.69) is 28.1 Å². The van der Waals surface area contributed by atoms with Crippen molar-refractivity contribution in [3.05, 3.63) is 85.1 Å². The van der Waals surface area contributed by atoms with Gasteiger partial charge in [0, 0.05) is 55.0 Å². The third-order valence-corrected chi connectivity index (χ3v) is 5.70. The first-order valence-electron chi connectivity index (χ1n) is 12.1. The molecule has 0 spiro atoms. The highest BCUT2D eigenvalue weighted by molar-refractivity contribution is 5.92. The van der Waals surface area contributed by atoms with Gasteiger partial charge < -0.3 is 19.7 Å². The second-order valence-electron chi connectivity index (χ2n) is 8.31. The van der Waals surface area contributed by atoms with E-state index in [-0.39, 0.29) is 0 Å². The Morgan fingerprint density at radius 2 is 1.68 bits per heavy atom. The number of benzene rings is 2. The number of hydrogen-bond acceptors (Lipinski definition) is 7. The molecule has 0 atom stereocenters. The lowest BCUT2D eigenvalue weighted by Crippen LogP contribution is -2.38. The summed E-state index contributed by atoms with van der Waals surface area (Å²) < 4.78 is 13.3. The summed E-state index contributed by atoms with van der Waals surface area (Å²) >= 11 is 0. The molecule has 0 bridgehead atoms. The molecule has 0 saturated carbocycles. The van der Waals surface area contributed by atoms with Gasteiger partial charge in [0.2, 0.25) is 0 Å². The molecule has 0 radical (unpaired) electrons. The SMILES string of the molecule is O=C(O)C=CC(=O)O.c1ccc(-c2nn(-c3cccc(OCCN4CCOCC4)c3)c3ncccc23)cc1. The van der Waals surface area contributed by atoms with Gasteiger partial charge in [-0.1, -0.05) is 36.4 Å². The number of pyridine rings is 1. The normalized spacial score (nSPS) is 13.7. The molecule has 3 heterocycles. The van der Waals surface area contributed by atoms with E-state index in [1.807, 2.05) is 53.2 Å². The average molecular weight is 517 g/mol. The van der Waals surface area contributed by atoms with E-state index in [0.717, 1.165) is 66.6 Å². The molecule has 38 heavy (non-hydrogen) atoms. The van der Waals surface area contributed by atoms with Crippen molar-refractivity contribution in [1.29, 1.82) is 0 Å². The molecule has 2 aromatic carbocycles. The third kappa shape index (κ3) is 7.25. The number of nitrogens with zero attached hydrogens (tertiary/aromatic N) is 4. The van der Waals surface area contributed by atoms with Crippen molar-refractivity contribution >= 4 is 23.0 Å². The maximum atomic E-state index is 9.55. The van der Waals surface area contributed by atoms with E-state index in [1.54, 1.807) is 6.20 Å². The molecule has 1 saturated heterocycles. The van der Waals surface area contributed by atoms with Gasteiger partial charge in [-0.25, -0.2) is 19.3 Å². The van der Waals surface area contributed by atoms with Crippen molar-refractivity contribution in [1.82, 2.24) is 19.7 Å². The van der Waals surface area contributed by atoms with Crippen LogP contribution in [0.5, 0.6) is 5.75 Å². The summed E-state index contributed by atoms with van der Waals surface area (Å²) in [6.07, 6.45) is 2.92. The number of carboxylic acids is 2. The maximum Gasteiger partial charge on any atom is 0.328 e. The number of aromatic nitrogens is 3. The number of rotatable bonds is 8. The molecular formula is C28H28N4O6. The van der Waals surface area contributed by atoms with E-state index < -0.39 is 11.9 Å². The zero-order chi connectivity index (χ0) is 26.7. The van der Waals surface area contributed by atoms with Crippen LogP contribution in [-0.2, 0) is 14.3 Å². The van der Waals surface area contributed by atoms with Gasteiger partial charge in [-0.2, -0.15) is 5.10 Å². The van der Waals surface area contributed by atoms with Gasteiger partial charge in [-0.05, 0) is 24.3 Å². The summed E-state index contributed by atoms with van der Waals surface area (Å²) in [4.78, 5) is 26.1. The van der Waals surface area contributed by atoms with Crippen LogP contribution in [0.4, 0.5) is 0 Å². The molecule has 2 N–H and O–H groups in total. The fourth-order valence-corrected chi connectivity index (χ4v) is 3.91. The fourth-order valence-electron chi connectivity index (χ4n) is 3.91. The van der Waals surface area contributed by atoms with Crippen LogP contribution in [0.25, 0.3) is 28.0 Å². The van der Waals surface area contributed by atoms with Crippen LogP contribution < -0.4 is 4.74 Å². The predicted octanol–water partition coefficient (Wildman–Crippen LogP) is 3.51. The number of hydrogen-bond donors (Lipinski definition) is 2. The molecule has 0 aliphatic carbocycles. The molecule has 10 nitrogen and oxygen atoms in total. The number of ether oxygens (including phenoxy) is 2. The quantitative estimate of drug-likeness (QED) is 0.338. The molecule has 4 aromatic rings. The largest absolute Gasteiger partial charge is 0.492 e. The Bertz CT molecular complexity index is 1380. The van der Waals surface area contributed by atoms with Gasteiger partial charge in [-0.15, -0.1) is 0 Å². The zero-order valence-electron chi connectivity index (χ0n) is 20.6. The maximum absolute atomic E-state index is 9.55. The van der Waals surface area contributed by atoms with Crippen LogP contribution in [0.2, 0.25) is 0 Å². The summed E-state index contributed by atoms with van der Waals surface area (Å²) in [6.45, 7) is 5.10. The lowest BCUT2D eigenvalue weighted by molar-refractivity contribution is -0.134. The second kappa shape index (κ2) is 13.1. The molecule has 1 fully saturated rings. The molecule has 1 aliphatic rings. The Labute approximate surface area is 219 Å². The molecule has 10 heteroatoms. The second-order valence-corrected chi connectivity index (χ2v) is 8.31. The van der Waals surface area contributed by atoms with Crippen molar-refractivity contribution in [2.24, 2.45) is 0 Å². The first-order valence-corrected chi connectivity index (χ1v) is 12.1. The number of aliphatic carboxylic acids is 2. The van der Waals surface area contributed by atoms with Crippen molar-refractivity contribution < 1.29 is 29.3 Å². The number of morpholine rings is 1. The summed E-state index contributed by atoms with van der Waals surface area (Å²) in [5.41, 5.74) is 3.77. The van der Waals surface area contributed by atoms with E-state index in [1.165, 1.54) is 0 Å². The molecular weight excluding hydrogens is 488 g/mol. The van der Waals surface area contributed by atoms with Crippen molar-refractivity contribution in [2.45, 2.75) is 0 Å². The van der Waals surface area contributed by atoms with Gasteiger partial charge in [0.15, 0.2) is 5.65 Å². The van der Waals surface area contributed by atoms with E-state index >= 15 is 0 Å². The molecule has 0 amide bonds. The van der Waals surface area contributed by atoms with Crippen LogP contribution in [0.1, 0.15) is 0 Å². The van der Waals surface area contributed by atoms with Gasteiger partial charge in [0.05, 0.1) is 18.9 Å². The van der Waals surface area contributed by atoms with Crippen LogP contribution in [0.3, 0.4) is 0 Å². The minimum atomic E-state index is -1.26. The minimum absolute atomic E-state index is 0.558. The van der Waals surface area contributed by atoms with E-state index in [0.29, 0.717) is 18.8 Å².